The first-order valence-electron chi connectivity index (χ1n) is 7.07. The Hall–Kier alpha value is -2.53. The molecule has 0 aliphatic rings. The number of aromatic nitrogens is 1. The third-order valence-corrected chi connectivity index (χ3v) is 4.01. The Bertz CT molecular complexity index is 782. The van der Waals surface area contributed by atoms with Crippen molar-refractivity contribution in [2.75, 3.05) is 6.26 Å². The number of carbonyl (C=O) groups is 1. The molecule has 2 aromatic carbocycles. The highest BCUT2D eigenvalue weighted by Crippen LogP contribution is 2.20. The second-order valence-corrected chi connectivity index (χ2v) is 5.67. The van der Waals surface area contributed by atoms with Crippen LogP contribution in [0.25, 0.3) is 11.3 Å². The molecule has 0 saturated heterocycles. The molecule has 0 aliphatic carbocycles. The molecule has 0 amide bonds. The SMILES string of the molecule is CSc1ccc(C(=O)OCc2ncc(-c3ccccc3)o2)cc1. The molecule has 116 valence electrons. The second kappa shape index (κ2) is 7.15. The Kier molecular flexibility index (Phi) is 4.78. The Morgan fingerprint density at radius 2 is 1.87 bits per heavy atom. The van der Waals surface area contributed by atoms with Crippen molar-refractivity contribution in [1.82, 2.24) is 4.98 Å². The molecule has 3 aromatic rings. The van der Waals surface area contributed by atoms with Crippen LogP contribution in [0.15, 0.2) is 70.1 Å². The molecule has 0 fully saturated rings. The molecule has 0 radical (unpaired) electrons. The molecule has 5 heteroatoms. The highest BCUT2D eigenvalue weighted by atomic mass is 32.2. The van der Waals surface area contributed by atoms with Gasteiger partial charge in [0.2, 0.25) is 5.89 Å². The summed E-state index contributed by atoms with van der Waals surface area (Å²) in [6, 6.07) is 16.9. The van der Waals surface area contributed by atoms with Crippen LogP contribution in [0.3, 0.4) is 0 Å². The number of rotatable bonds is 5. The van der Waals surface area contributed by atoms with Crippen LogP contribution in [-0.4, -0.2) is 17.2 Å². The van der Waals surface area contributed by atoms with Gasteiger partial charge in [-0.15, -0.1) is 11.8 Å². The van der Waals surface area contributed by atoms with Gasteiger partial charge < -0.3 is 9.15 Å². The predicted octanol–water partition coefficient (Wildman–Crippen LogP) is 4.42. The van der Waals surface area contributed by atoms with Gasteiger partial charge in [0, 0.05) is 10.5 Å². The number of carbonyl (C=O) groups excluding carboxylic acids is 1. The van der Waals surface area contributed by atoms with E-state index in [1.54, 1.807) is 30.1 Å². The van der Waals surface area contributed by atoms with Gasteiger partial charge in [-0.2, -0.15) is 0 Å². The molecule has 0 N–H and O–H groups in total. The van der Waals surface area contributed by atoms with Crippen molar-refractivity contribution in [3.05, 3.63) is 72.2 Å². The minimum absolute atomic E-state index is 0.00987. The first-order valence-corrected chi connectivity index (χ1v) is 8.30. The Balaban J connectivity index is 1.62. The van der Waals surface area contributed by atoms with Gasteiger partial charge in [0.15, 0.2) is 12.4 Å². The number of ether oxygens (including phenoxy) is 1. The molecular formula is C18H15NO3S. The summed E-state index contributed by atoms with van der Waals surface area (Å²) < 4.78 is 10.8. The summed E-state index contributed by atoms with van der Waals surface area (Å²) in [5.41, 5.74) is 1.45. The Morgan fingerprint density at radius 1 is 1.13 bits per heavy atom. The van der Waals surface area contributed by atoms with Crippen LogP contribution in [0.4, 0.5) is 0 Å². The van der Waals surface area contributed by atoms with E-state index in [4.69, 9.17) is 9.15 Å². The number of oxazole rings is 1. The molecule has 0 bridgehead atoms. The van der Waals surface area contributed by atoms with Crippen molar-refractivity contribution >= 4 is 17.7 Å². The topological polar surface area (TPSA) is 52.3 Å². The van der Waals surface area contributed by atoms with Gasteiger partial charge in [-0.05, 0) is 30.5 Å². The van der Waals surface area contributed by atoms with Gasteiger partial charge in [0.05, 0.1) is 11.8 Å². The molecule has 3 rings (SSSR count). The lowest BCUT2D eigenvalue weighted by Gasteiger charge is -2.03. The van der Waals surface area contributed by atoms with Gasteiger partial charge in [-0.1, -0.05) is 30.3 Å². The fraction of sp³-hybridized carbons (Fsp3) is 0.111. The molecule has 0 saturated carbocycles. The van der Waals surface area contributed by atoms with E-state index in [0.717, 1.165) is 10.5 Å². The van der Waals surface area contributed by atoms with Crippen LogP contribution >= 0.6 is 11.8 Å². The van der Waals surface area contributed by atoms with Crippen LogP contribution in [0.2, 0.25) is 0 Å². The van der Waals surface area contributed by atoms with Gasteiger partial charge in [-0.25, -0.2) is 9.78 Å². The highest BCUT2D eigenvalue weighted by molar-refractivity contribution is 7.98. The predicted molar refractivity (Wildman–Crippen MR) is 89.3 cm³/mol. The van der Waals surface area contributed by atoms with E-state index in [0.29, 0.717) is 17.2 Å². The lowest BCUT2D eigenvalue weighted by molar-refractivity contribution is 0.0439. The zero-order chi connectivity index (χ0) is 16.1. The normalized spacial score (nSPS) is 10.5. The number of hydrogen-bond acceptors (Lipinski definition) is 5. The maximum Gasteiger partial charge on any atom is 0.338 e. The first-order chi connectivity index (χ1) is 11.3. The van der Waals surface area contributed by atoms with E-state index < -0.39 is 5.97 Å². The van der Waals surface area contributed by atoms with E-state index in [9.17, 15) is 4.79 Å². The zero-order valence-corrected chi connectivity index (χ0v) is 13.4. The number of esters is 1. The van der Waals surface area contributed by atoms with Gasteiger partial charge in [0.1, 0.15) is 0 Å². The van der Waals surface area contributed by atoms with Crippen molar-refractivity contribution in [1.29, 1.82) is 0 Å². The second-order valence-electron chi connectivity index (χ2n) is 4.79. The summed E-state index contributed by atoms with van der Waals surface area (Å²) in [5, 5.41) is 0. The van der Waals surface area contributed by atoms with Crippen molar-refractivity contribution in [3.8, 4) is 11.3 Å². The molecule has 4 nitrogen and oxygen atoms in total. The summed E-state index contributed by atoms with van der Waals surface area (Å²) >= 11 is 1.62. The van der Waals surface area contributed by atoms with Crippen molar-refractivity contribution in [3.63, 3.8) is 0 Å². The third kappa shape index (κ3) is 3.81. The fourth-order valence-electron chi connectivity index (χ4n) is 2.05. The third-order valence-electron chi connectivity index (χ3n) is 3.26. The minimum Gasteiger partial charge on any atom is -0.452 e. The molecular weight excluding hydrogens is 310 g/mol. The summed E-state index contributed by atoms with van der Waals surface area (Å²) in [6.45, 7) is 0.00987. The van der Waals surface area contributed by atoms with Crippen LogP contribution in [0, 0.1) is 0 Å². The smallest absolute Gasteiger partial charge is 0.338 e. The lowest BCUT2D eigenvalue weighted by atomic mass is 10.2. The number of hydrogen-bond donors (Lipinski definition) is 0. The van der Waals surface area contributed by atoms with Gasteiger partial charge in [-0.3, -0.25) is 0 Å². The number of nitrogens with zero attached hydrogens (tertiary/aromatic N) is 1. The van der Waals surface area contributed by atoms with E-state index >= 15 is 0 Å². The summed E-state index contributed by atoms with van der Waals surface area (Å²) in [7, 11) is 0. The Labute approximate surface area is 138 Å². The monoisotopic (exact) mass is 325 g/mol. The van der Waals surface area contributed by atoms with Crippen LogP contribution in [0.1, 0.15) is 16.2 Å². The quantitative estimate of drug-likeness (QED) is 0.513. The maximum atomic E-state index is 12.0. The fourth-order valence-corrected chi connectivity index (χ4v) is 2.46. The highest BCUT2D eigenvalue weighted by Gasteiger charge is 2.11. The number of thioether (sulfide) groups is 1. The van der Waals surface area contributed by atoms with Crippen LogP contribution < -0.4 is 0 Å². The molecule has 0 aliphatic heterocycles. The summed E-state index contributed by atoms with van der Waals surface area (Å²) in [6.07, 6.45) is 3.62. The Morgan fingerprint density at radius 3 is 2.57 bits per heavy atom. The molecule has 0 atom stereocenters. The summed E-state index contributed by atoms with van der Waals surface area (Å²) in [5.74, 6) is 0.635. The van der Waals surface area contributed by atoms with E-state index in [-0.39, 0.29) is 6.61 Å². The minimum atomic E-state index is -0.392. The molecule has 23 heavy (non-hydrogen) atoms. The number of benzene rings is 2. The van der Waals surface area contributed by atoms with Crippen molar-refractivity contribution in [2.24, 2.45) is 0 Å². The van der Waals surface area contributed by atoms with Crippen LogP contribution in [-0.2, 0) is 11.3 Å². The summed E-state index contributed by atoms with van der Waals surface area (Å²) in [4.78, 5) is 17.2. The van der Waals surface area contributed by atoms with Crippen molar-refractivity contribution < 1.29 is 13.9 Å². The van der Waals surface area contributed by atoms with E-state index in [1.165, 1.54) is 0 Å². The van der Waals surface area contributed by atoms with E-state index in [1.807, 2.05) is 48.7 Å². The zero-order valence-electron chi connectivity index (χ0n) is 12.6. The van der Waals surface area contributed by atoms with Gasteiger partial charge >= 0.3 is 5.97 Å². The molecule has 1 heterocycles. The first kappa shape index (κ1) is 15.4. The van der Waals surface area contributed by atoms with E-state index in [2.05, 4.69) is 4.98 Å². The van der Waals surface area contributed by atoms with Crippen LogP contribution in [0.5, 0.6) is 0 Å². The largest absolute Gasteiger partial charge is 0.452 e. The molecule has 0 unspecified atom stereocenters. The standard InChI is InChI=1S/C18H15NO3S/c1-23-15-9-7-14(8-10-15)18(20)21-12-17-19-11-16(22-17)13-5-3-2-4-6-13/h2-11H,12H2,1H3. The van der Waals surface area contributed by atoms with Crippen molar-refractivity contribution in [2.45, 2.75) is 11.5 Å². The lowest BCUT2D eigenvalue weighted by Crippen LogP contribution is -2.05. The molecule has 1 aromatic heterocycles. The van der Waals surface area contributed by atoms with Gasteiger partial charge in [0.25, 0.3) is 0 Å². The average molecular weight is 325 g/mol. The molecule has 0 spiro atoms. The average Bonchev–Trinajstić information content (AvgIpc) is 3.09. The maximum absolute atomic E-state index is 12.0.